The summed E-state index contributed by atoms with van der Waals surface area (Å²) in [5.74, 6) is 2.81. The summed E-state index contributed by atoms with van der Waals surface area (Å²) in [6.45, 7) is 0. The van der Waals surface area contributed by atoms with Crippen molar-refractivity contribution < 1.29 is 4.79 Å². The molecular weight excluding hydrogens is 287 g/mol. The van der Waals surface area contributed by atoms with Crippen molar-refractivity contribution in [3.05, 3.63) is 0 Å². The van der Waals surface area contributed by atoms with Crippen LogP contribution in [0.1, 0.15) is 38.5 Å². The van der Waals surface area contributed by atoms with E-state index in [1.807, 2.05) is 0 Å². The number of hydrogen-bond donors (Lipinski definition) is 0. The van der Waals surface area contributed by atoms with E-state index in [0.29, 0.717) is 17.1 Å². The molecule has 3 fully saturated rings. The molecule has 0 aliphatic heterocycles. The first-order valence-corrected chi connectivity index (χ1v) is 7.41. The van der Waals surface area contributed by atoms with Gasteiger partial charge >= 0.3 is 0 Å². The van der Waals surface area contributed by atoms with Gasteiger partial charge in [0.15, 0.2) is 0 Å². The van der Waals surface area contributed by atoms with E-state index in [1.165, 1.54) is 36.5 Å². The molecule has 2 heteroatoms. The minimum absolute atomic E-state index is 0.475. The summed E-state index contributed by atoms with van der Waals surface area (Å²) in [5.41, 5.74) is 0.475. The van der Waals surface area contributed by atoms with Crippen molar-refractivity contribution in [1.82, 2.24) is 0 Å². The van der Waals surface area contributed by atoms with Crippen molar-refractivity contribution >= 4 is 28.4 Å². The summed E-state index contributed by atoms with van der Waals surface area (Å²) in [4.78, 5) is 11.9. The van der Waals surface area contributed by atoms with Crippen LogP contribution in [-0.4, -0.2) is 10.2 Å². The summed E-state index contributed by atoms with van der Waals surface area (Å²) >= 11 is 2.52. The monoisotopic (exact) mass is 304 g/mol. The van der Waals surface area contributed by atoms with E-state index in [2.05, 4.69) is 22.6 Å². The second kappa shape index (κ2) is 3.19. The normalized spacial score (nSPS) is 50.9. The molecule has 3 aliphatic carbocycles. The molecule has 0 bridgehead atoms. The predicted molar refractivity (Wildman–Crippen MR) is 64.5 cm³/mol. The Morgan fingerprint density at radius 1 is 1.36 bits per heavy atom. The lowest BCUT2D eigenvalue weighted by atomic mass is 9.45. The maximum atomic E-state index is 11.9. The molecule has 14 heavy (non-hydrogen) atoms. The standard InChI is InChI=1S/C12H17IO/c13-7-12-6-5-10(14)11(12)8-3-1-2-4-9(8)12/h8-9,11H,1-7H2. The van der Waals surface area contributed by atoms with Gasteiger partial charge in [-0.05, 0) is 36.5 Å². The van der Waals surface area contributed by atoms with Crippen molar-refractivity contribution in [3.8, 4) is 0 Å². The highest BCUT2D eigenvalue weighted by molar-refractivity contribution is 14.1. The number of carbonyl (C=O) groups excluding carboxylic acids is 1. The Bertz CT molecular complexity index is 275. The van der Waals surface area contributed by atoms with Crippen LogP contribution in [0.4, 0.5) is 0 Å². The Balaban J connectivity index is 1.91. The molecule has 0 spiro atoms. The molecule has 3 rings (SSSR count). The van der Waals surface area contributed by atoms with Gasteiger partial charge in [-0.1, -0.05) is 35.4 Å². The predicted octanol–water partition coefficient (Wildman–Crippen LogP) is 3.21. The number of Topliss-reactive ketones (excluding diaryl/α,β-unsaturated/α-hetero) is 1. The zero-order valence-corrected chi connectivity index (χ0v) is 10.6. The maximum Gasteiger partial charge on any atom is 0.136 e. The van der Waals surface area contributed by atoms with Crippen LogP contribution in [0.3, 0.4) is 0 Å². The van der Waals surface area contributed by atoms with E-state index < -0.39 is 0 Å². The van der Waals surface area contributed by atoms with E-state index in [-0.39, 0.29) is 0 Å². The zero-order valence-electron chi connectivity index (χ0n) is 8.47. The summed E-state index contributed by atoms with van der Waals surface area (Å²) in [7, 11) is 0. The highest BCUT2D eigenvalue weighted by Crippen LogP contribution is 2.67. The molecule has 4 unspecified atom stereocenters. The van der Waals surface area contributed by atoms with E-state index in [9.17, 15) is 4.79 Å². The Kier molecular flexibility index (Phi) is 2.19. The maximum absolute atomic E-state index is 11.9. The number of hydrogen-bond acceptors (Lipinski definition) is 1. The fourth-order valence-corrected chi connectivity index (χ4v) is 5.89. The topological polar surface area (TPSA) is 17.1 Å². The molecular formula is C12H17IO. The summed E-state index contributed by atoms with van der Waals surface area (Å²) < 4.78 is 1.22. The molecule has 4 atom stereocenters. The fourth-order valence-electron chi connectivity index (χ4n) is 4.47. The minimum atomic E-state index is 0.475. The number of fused-ring (bicyclic) bond motifs is 4. The van der Waals surface area contributed by atoms with Crippen molar-refractivity contribution in [2.45, 2.75) is 38.5 Å². The van der Waals surface area contributed by atoms with Crippen LogP contribution in [-0.2, 0) is 4.79 Å². The second-order valence-corrected chi connectivity index (χ2v) is 6.13. The van der Waals surface area contributed by atoms with Crippen LogP contribution >= 0.6 is 22.6 Å². The average molecular weight is 304 g/mol. The van der Waals surface area contributed by atoms with Crippen LogP contribution in [0.15, 0.2) is 0 Å². The lowest BCUT2D eigenvalue weighted by molar-refractivity contribution is -0.146. The van der Waals surface area contributed by atoms with Crippen LogP contribution in [0.2, 0.25) is 0 Å². The largest absolute Gasteiger partial charge is 0.299 e. The Morgan fingerprint density at radius 2 is 2.14 bits per heavy atom. The van der Waals surface area contributed by atoms with Gasteiger partial charge in [0.2, 0.25) is 0 Å². The fraction of sp³-hybridized carbons (Fsp3) is 0.917. The number of halogens is 1. The number of ketones is 1. The molecule has 0 amide bonds. The van der Waals surface area contributed by atoms with E-state index in [4.69, 9.17) is 0 Å². The van der Waals surface area contributed by atoms with Gasteiger partial charge in [-0.3, -0.25) is 4.79 Å². The van der Waals surface area contributed by atoms with Gasteiger partial charge in [0.1, 0.15) is 5.78 Å². The number of carbonyl (C=O) groups is 1. The molecule has 3 saturated carbocycles. The Labute approximate surface area is 99.2 Å². The summed E-state index contributed by atoms with van der Waals surface area (Å²) in [5, 5.41) is 0. The molecule has 0 N–H and O–H groups in total. The first-order chi connectivity index (χ1) is 6.79. The van der Waals surface area contributed by atoms with Crippen molar-refractivity contribution in [2.75, 3.05) is 4.43 Å². The Hall–Kier alpha value is 0.400. The van der Waals surface area contributed by atoms with Crippen molar-refractivity contribution in [2.24, 2.45) is 23.2 Å². The van der Waals surface area contributed by atoms with Crippen LogP contribution in [0.25, 0.3) is 0 Å². The lowest BCUT2D eigenvalue weighted by Gasteiger charge is -2.59. The number of alkyl halides is 1. The van der Waals surface area contributed by atoms with Crippen LogP contribution in [0.5, 0.6) is 0 Å². The molecule has 0 aromatic heterocycles. The highest BCUT2D eigenvalue weighted by atomic mass is 127. The second-order valence-electron chi connectivity index (χ2n) is 5.37. The quantitative estimate of drug-likeness (QED) is 0.537. The van der Waals surface area contributed by atoms with Gasteiger partial charge in [0.05, 0.1) is 0 Å². The first-order valence-electron chi connectivity index (χ1n) is 5.88. The van der Waals surface area contributed by atoms with Gasteiger partial charge in [-0.2, -0.15) is 0 Å². The summed E-state index contributed by atoms with van der Waals surface area (Å²) in [6.07, 6.45) is 7.65. The number of rotatable bonds is 1. The van der Waals surface area contributed by atoms with E-state index in [0.717, 1.165) is 18.3 Å². The van der Waals surface area contributed by atoms with E-state index >= 15 is 0 Å². The lowest BCUT2D eigenvalue weighted by Crippen LogP contribution is -2.58. The highest BCUT2D eigenvalue weighted by Gasteiger charge is 2.65. The Morgan fingerprint density at radius 3 is 2.93 bits per heavy atom. The van der Waals surface area contributed by atoms with Crippen molar-refractivity contribution in [1.29, 1.82) is 0 Å². The van der Waals surface area contributed by atoms with Crippen molar-refractivity contribution in [3.63, 3.8) is 0 Å². The molecule has 0 saturated heterocycles. The molecule has 0 radical (unpaired) electrons. The molecule has 0 aromatic carbocycles. The van der Waals surface area contributed by atoms with Crippen LogP contribution in [0, 0.1) is 23.2 Å². The first kappa shape index (κ1) is 9.61. The summed E-state index contributed by atoms with van der Waals surface area (Å²) in [6, 6.07) is 0. The zero-order chi connectivity index (χ0) is 9.76. The third-order valence-electron chi connectivity index (χ3n) is 5.04. The minimum Gasteiger partial charge on any atom is -0.299 e. The van der Waals surface area contributed by atoms with Gasteiger partial charge in [-0.25, -0.2) is 0 Å². The van der Waals surface area contributed by atoms with Gasteiger partial charge in [0, 0.05) is 16.8 Å². The molecule has 0 heterocycles. The third kappa shape index (κ3) is 0.987. The van der Waals surface area contributed by atoms with E-state index in [1.54, 1.807) is 0 Å². The smallest absolute Gasteiger partial charge is 0.136 e. The molecule has 0 aromatic rings. The van der Waals surface area contributed by atoms with Gasteiger partial charge in [-0.15, -0.1) is 0 Å². The SMILES string of the molecule is O=C1CCC2(CI)C3CCCCC3C12. The van der Waals surface area contributed by atoms with Gasteiger partial charge < -0.3 is 0 Å². The average Bonchev–Trinajstić information content (AvgIpc) is 2.48. The molecule has 78 valence electrons. The molecule has 3 aliphatic rings. The third-order valence-corrected chi connectivity index (χ3v) is 6.46. The van der Waals surface area contributed by atoms with Gasteiger partial charge in [0.25, 0.3) is 0 Å². The van der Waals surface area contributed by atoms with Crippen LogP contribution < -0.4 is 0 Å². The molecule has 1 nitrogen and oxygen atoms in total.